The summed E-state index contributed by atoms with van der Waals surface area (Å²) in [6.07, 6.45) is 0.630. The van der Waals surface area contributed by atoms with E-state index < -0.39 is 12.5 Å². The van der Waals surface area contributed by atoms with Crippen molar-refractivity contribution in [2.45, 2.75) is 50.8 Å². The van der Waals surface area contributed by atoms with Crippen LogP contribution in [0.5, 0.6) is 0 Å². The average molecular weight is 547 g/mol. The SMILES string of the molecule is O=C(NC1CCC(N2CCN(C(=O)OCc3cc(Cl)cc(C(F)F)c3)CC2)CC1)c1ccc2n[nH]nc2c1. The molecule has 2 fully saturated rings. The van der Waals surface area contributed by atoms with E-state index in [1.807, 2.05) is 0 Å². The number of fused-ring (bicyclic) bond motifs is 1. The van der Waals surface area contributed by atoms with E-state index >= 15 is 0 Å². The Morgan fingerprint density at radius 2 is 1.76 bits per heavy atom. The van der Waals surface area contributed by atoms with Gasteiger partial charge in [0.1, 0.15) is 17.6 Å². The van der Waals surface area contributed by atoms with Gasteiger partial charge in [-0.25, -0.2) is 13.6 Å². The quantitative estimate of drug-likeness (QED) is 0.470. The molecule has 1 saturated heterocycles. The van der Waals surface area contributed by atoms with Gasteiger partial charge in [0.05, 0.1) is 0 Å². The number of carbonyl (C=O) groups is 2. The lowest BCUT2D eigenvalue weighted by molar-refractivity contribution is 0.0504. The molecule has 2 aliphatic rings. The summed E-state index contributed by atoms with van der Waals surface area (Å²) in [5.74, 6) is -0.103. The number of benzene rings is 2. The molecule has 0 atom stereocenters. The predicted molar refractivity (Wildman–Crippen MR) is 137 cm³/mol. The first-order valence-electron chi connectivity index (χ1n) is 12.7. The Morgan fingerprint density at radius 1 is 1.03 bits per heavy atom. The average Bonchev–Trinajstić information content (AvgIpc) is 3.40. The Morgan fingerprint density at radius 3 is 2.50 bits per heavy atom. The third-order valence-electron chi connectivity index (χ3n) is 7.29. The number of hydrogen-bond donors (Lipinski definition) is 2. The van der Waals surface area contributed by atoms with Gasteiger partial charge in [0.2, 0.25) is 0 Å². The number of amides is 2. The Hall–Kier alpha value is -3.31. The molecule has 5 rings (SSSR count). The number of nitrogens with one attached hydrogen (secondary N) is 2. The van der Waals surface area contributed by atoms with Crippen LogP contribution in [0.3, 0.4) is 0 Å². The van der Waals surface area contributed by atoms with Crippen LogP contribution in [-0.4, -0.2) is 75.5 Å². The first-order chi connectivity index (χ1) is 18.4. The van der Waals surface area contributed by atoms with Gasteiger partial charge in [-0.15, -0.1) is 0 Å². The van der Waals surface area contributed by atoms with E-state index in [1.165, 1.54) is 18.2 Å². The first-order valence-corrected chi connectivity index (χ1v) is 13.1. The van der Waals surface area contributed by atoms with Gasteiger partial charge >= 0.3 is 6.09 Å². The zero-order valence-electron chi connectivity index (χ0n) is 20.7. The fourth-order valence-electron chi connectivity index (χ4n) is 5.23. The lowest BCUT2D eigenvalue weighted by atomic mass is 9.89. The maximum Gasteiger partial charge on any atom is 0.410 e. The van der Waals surface area contributed by atoms with Crippen molar-refractivity contribution in [3.8, 4) is 0 Å². The molecule has 12 heteroatoms. The van der Waals surface area contributed by atoms with Crippen molar-refractivity contribution in [2.75, 3.05) is 26.2 Å². The Kier molecular flexibility index (Phi) is 8.04. The highest BCUT2D eigenvalue weighted by Crippen LogP contribution is 2.26. The Labute approximate surface area is 223 Å². The minimum Gasteiger partial charge on any atom is -0.445 e. The van der Waals surface area contributed by atoms with Gasteiger partial charge < -0.3 is 15.0 Å². The van der Waals surface area contributed by atoms with Crippen molar-refractivity contribution in [3.05, 3.63) is 58.1 Å². The zero-order valence-corrected chi connectivity index (χ0v) is 21.5. The summed E-state index contributed by atoms with van der Waals surface area (Å²) in [5.41, 5.74) is 2.19. The molecule has 202 valence electrons. The number of aromatic nitrogens is 3. The number of rotatable bonds is 6. The van der Waals surface area contributed by atoms with Crippen molar-refractivity contribution >= 4 is 34.6 Å². The van der Waals surface area contributed by atoms with Crippen LogP contribution >= 0.6 is 11.6 Å². The van der Waals surface area contributed by atoms with Crippen molar-refractivity contribution in [2.24, 2.45) is 0 Å². The second kappa shape index (κ2) is 11.6. The number of ether oxygens (including phenoxy) is 1. The summed E-state index contributed by atoms with van der Waals surface area (Å²) >= 11 is 5.91. The zero-order chi connectivity index (χ0) is 26.6. The number of halogens is 3. The number of nitrogens with zero attached hydrogens (tertiary/aromatic N) is 4. The molecular formula is C26H29ClF2N6O3. The predicted octanol–water partition coefficient (Wildman–Crippen LogP) is 4.54. The van der Waals surface area contributed by atoms with Gasteiger partial charge in [-0.3, -0.25) is 9.69 Å². The fraction of sp³-hybridized carbons (Fsp3) is 0.462. The highest BCUT2D eigenvalue weighted by Gasteiger charge is 2.30. The van der Waals surface area contributed by atoms with Crippen LogP contribution in [0.25, 0.3) is 11.0 Å². The molecule has 1 aromatic heterocycles. The minimum atomic E-state index is -2.64. The fourth-order valence-corrected chi connectivity index (χ4v) is 5.49. The molecule has 2 amide bonds. The van der Waals surface area contributed by atoms with Crippen LogP contribution in [0, 0.1) is 0 Å². The monoisotopic (exact) mass is 546 g/mol. The molecular weight excluding hydrogens is 518 g/mol. The first kappa shape index (κ1) is 26.3. The summed E-state index contributed by atoms with van der Waals surface area (Å²) in [5, 5.41) is 13.9. The molecule has 0 unspecified atom stereocenters. The summed E-state index contributed by atoms with van der Waals surface area (Å²) < 4.78 is 31.3. The van der Waals surface area contributed by atoms with E-state index in [0.29, 0.717) is 35.8 Å². The summed E-state index contributed by atoms with van der Waals surface area (Å²) in [7, 11) is 0. The molecule has 2 N–H and O–H groups in total. The van der Waals surface area contributed by atoms with Gasteiger partial charge in [0.25, 0.3) is 12.3 Å². The number of aromatic amines is 1. The van der Waals surface area contributed by atoms with Crippen molar-refractivity contribution in [3.63, 3.8) is 0 Å². The molecule has 0 radical (unpaired) electrons. The maximum absolute atomic E-state index is 13.0. The third-order valence-corrected chi connectivity index (χ3v) is 7.51. The number of carbonyl (C=O) groups excluding carboxylic acids is 2. The van der Waals surface area contributed by atoms with Gasteiger partial charge in [-0.1, -0.05) is 11.6 Å². The van der Waals surface area contributed by atoms with Crippen molar-refractivity contribution < 1.29 is 23.1 Å². The van der Waals surface area contributed by atoms with E-state index in [4.69, 9.17) is 16.3 Å². The standard InChI is InChI=1S/C26H29ClF2N6O3/c27-19-12-16(11-18(13-19)24(28)29)15-38-26(37)35-9-7-34(8-10-35)21-4-2-20(3-5-21)30-25(36)17-1-6-22-23(14-17)32-33-31-22/h1,6,11-14,20-21,24H,2-5,7-10,15H2,(H,30,36)(H,31,32,33). The largest absolute Gasteiger partial charge is 0.445 e. The highest BCUT2D eigenvalue weighted by atomic mass is 35.5. The molecule has 38 heavy (non-hydrogen) atoms. The van der Waals surface area contributed by atoms with E-state index in [2.05, 4.69) is 25.6 Å². The van der Waals surface area contributed by atoms with Crippen LogP contribution in [-0.2, 0) is 11.3 Å². The topological polar surface area (TPSA) is 103 Å². The van der Waals surface area contributed by atoms with Crippen LogP contribution in [0.15, 0.2) is 36.4 Å². The van der Waals surface area contributed by atoms with Crippen LogP contribution in [0.1, 0.15) is 53.6 Å². The van der Waals surface area contributed by atoms with Crippen LogP contribution in [0.2, 0.25) is 5.02 Å². The molecule has 2 aromatic carbocycles. The van der Waals surface area contributed by atoms with E-state index in [-0.39, 0.29) is 29.1 Å². The molecule has 0 spiro atoms. The molecule has 1 aliphatic heterocycles. The molecule has 3 aromatic rings. The smallest absolute Gasteiger partial charge is 0.410 e. The number of hydrogen-bond acceptors (Lipinski definition) is 6. The second-order valence-electron chi connectivity index (χ2n) is 9.78. The summed E-state index contributed by atoms with van der Waals surface area (Å²) in [4.78, 5) is 29.3. The number of alkyl halides is 2. The molecule has 1 saturated carbocycles. The maximum atomic E-state index is 13.0. The van der Waals surface area contributed by atoms with Crippen LogP contribution < -0.4 is 5.32 Å². The lowest BCUT2D eigenvalue weighted by Gasteiger charge is -2.41. The van der Waals surface area contributed by atoms with E-state index in [9.17, 15) is 18.4 Å². The van der Waals surface area contributed by atoms with Gasteiger partial charge in [-0.2, -0.15) is 15.4 Å². The molecule has 0 bridgehead atoms. The number of H-pyrrole nitrogens is 1. The molecule has 2 heterocycles. The Bertz CT molecular complexity index is 1290. The Balaban J connectivity index is 1.04. The van der Waals surface area contributed by atoms with E-state index in [0.717, 1.165) is 44.3 Å². The highest BCUT2D eigenvalue weighted by molar-refractivity contribution is 6.30. The van der Waals surface area contributed by atoms with E-state index in [1.54, 1.807) is 23.1 Å². The molecule has 9 nitrogen and oxygen atoms in total. The van der Waals surface area contributed by atoms with Gasteiger partial charge in [0, 0.05) is 54.4 Å². The second-order valence-corrected chi connectivity index (χ2v) is 10.2. The van der Waals surface area contributed by atoms with Crippen molar-refractivity contribution in [1.82, 2.24) is 30.5 Å². The number of piperazine rings is 1. The lowest BCUT2D eigenvalue weighted by Crippen LogP contribution is -2.53. The summed E-state index contributed by atoms with van der Waals surface area (Å²) in [6, 6.07) is 9.83. The van der Waals surface area contributed by atoms with Gasteiger partial charge in [0.15, 0.2) is 0 Å². The van der Waals surface area contributed by atoms with Gasteiger partial charge in [-0.05, 0) is 67.6 Å². The van der Waals surface area contributed by atoms with Crippen LogP contribution in [0.4, 0.5) is 13.6 Å². The van der Waals surface area contributed by atoms with Crippen molar-refractivity contribution in [1.29, 1.82) is 0 Å². The third kappa shape index (κ3) is 6.21. The molecule has 1 aliphatic carbocycles. The normalized spacial score (nSPS) is 20.6. The minimum absolute atomic E-state index is 0.103. The summed E-state index contributed by atoms with van der Waals surface area (Å²) in [6.45, 7) is 2.44.